The van der Waals surface area contributed by atoms with Gasteiger partial charge in [0.25, 0.3) is 5.56 Å². The minimum absolute atomic E-state index is 0.202. The third-order valence-corrected chi connectivity index (χ3v) is 3.87. The molecular formula is C16H18FN5O2. The van der Waals surface area contributed by atoms with Gasteiger partial charge in [-0.15, -0.1) is 0 Å². The van der Waals surface area contributed by atoms with E-state index in [9.17, 15) is 14.0 Å². The Balaban J connectivity index is 2.25. The van der Waals surface area contributed by atoms with Gasteiger partial charge in [0.15, 0.2) is 5.65 Å². The molecule has 3 rings (SSSR count). The van der Waals surface area contributed by atoms with Crippen LogP contribution in [0.15, 0.2) is 33.9 Å². The summed E-state index contributed by atoms with van der Waals surface area (Å²) in [6, 6.07) is 5.88. The molecule has 24 heavy (non-hydrogen) atoms. The van der Waals surface area contributed by atoms with Gasteiger partial charge in [-0.05, 0) is 24.1 Å². The molecule has 7 nitrogen and oxygen atoms in total. The lowest BCUT2D eigenvalue weighted by Crippen LogP contribution is -2.40. The van der Waals surface area contributed by atoms with E-state index in [1.807, 2.05) is 6.92 Å². The van der Waals surface area contributed by atoms with Crippen LogP contribution < -0.4 is 16.6 Å². The highest BCUT2D eigenvalue weighted by Crippen LogP contribution is 2.15. The predicted molar refractivity (Wildman–Crippen MR) is 90.0 cm³/mol. The first-order chi connectivity index (χ1) is 11.6. The van der Waals surface area contributed by atoms with Crippen molar-refractivity contribution in [1.29, 1.82) is 0 Å². The molecule has 1 aromatic carbocycles. The Morgan fingerprint density at radius 1 is 1.21 bits per heavy atom. The van der Waals surface area contributed by atoms with Crippen molar-refractivity contribution in [3.8, 4) is 0 Å². The van der Waals surface area contributed by atoms with Crippen molar-refractivity contribution < 1.29 is 4.39 Å². The fourth-order valence-electron chi connectivity index (χ4n) is 2.71. The Hall–Kier alpha value is -2.90. The fourth-order valence-corrected chi connectivity index (χ4v) is 2.71. The van der Waals surface area contributed by atoms with Gasteiger partial charge in [0, 0.05) is 13.6 Å². The van der Waals surface area contributed by atoms with E-state index in [1.54, 1.807) is 19.2 Å². The zero-order chi connectivity index (χ0) is 17.3. The summed E-state index contributed by atoms with van der Waals surface area (Å²) in [5.41, 5.74) is 0.236. The molecule has 2 aromatic heterocycles. The molecule has 2 heterocycles. The van der Waals surface area contributed by atoms with Crippen LogP contribution in [0.25, 0.3) is 11.0 Å². The van der Waals surface area contributed by atoms with Gasteiger partial charge in [-0.2, -0.15) is 5.10 Å². The molecule has 0 spiro atoms. The van der Waals surface area contributed by atoms with E-state index in [-0.39, 0.29) is 23.6 Å². The van der Waals surface area contributed by atoms with Crippen molar-refractivity contribution in [2.24, 2.45) is 0 Å². The van der Waals surface area contributed by atoms with E-state index in [4.69, 9.17) is 0 Å². The van der Waals surface area contributed by atoms with Crippen molar-refractivity contribution in [2.75, 3.05) is 12.4 Å². The number of aromatic amines is 1. The fraction of sp³-hybridized carbons (Fsp3) is 0.312. The first kappa shape index (κ1) is 16.0. The molecular weight excluding hydrogens is 313 g/mol. The number of benzene rings is 1. The van der Waals surface area contributed by atoms with E-state index >= 15 is 0 Å². The lowest BCUT2D eigenvalue weighted by molar-refractivity contribution is 0.578. The van der Waals surface area contributed by atoms with E-state index in [0.29, 0.717) is 24.2 Å². The summed E-state index contributed by atoms with van der Waals surface area (Å²) in [6.07, 6.45) is 0.657. The van der Waals surface area contributed by atoms with Gasteiger partial charge in [-0.25, -0.2) is 9.18 Å². The second-order valence-electron chi connectivity index (χ2n) is 5.50. The summed E-state index contributed by atoms with van der Waals surface area (Å²) in [5, 5.41) is 10.1. The third-order valence-electron chi connectivity index (χ3n) is 3.87. The van der Waals surface area contributed by atoms with Gasteiger partial charge in [0.05, 0.1) is 6.54 Å². The molecule has 0 aliphatic rings. The monoisotopic (exact) mass is 331 g/mol. The molecule has 0 saturated heterocycles. The van der Waals surface area contributed by atoms with E-state index in [1.165, 1.54) is 21.3 Å². The Morgan fingerprint density at radius 3 is 2.54 bits per heavy atom. The lowest BCUT2D eigenvalue weighted by Gasteiger charge is -2.11. The summed E-state index contributed by atoms with van der Waals surface area (Å²) < 4.78 is 15.7. The van der Waals surface area contributed by atoms with Crippen LogP contribution in [0.4, 0.5) is 10.2 Å². The van der Waals surface area contributed by atoms with Gasteiger partial charge in [0.1, 0.15) is 17.0 Å². The van der Waals surface area contributed by atoms with Crippen molar-refractivity contribution in [1.82, 2.24) is 19.3 Å². The third kappa shape index (κ3) is 2.60. The second kappa shape index (κ2) is 6.31. The van der Waals surface area contributed by atoms with Gasteiger partial charge >= 0.3 is 5.69 Å². The van der Waals surface area contributed by atoms with Gasteiger partial charge in [-0.3, -0.25) is 19.0 Å². The minimum atomic E-state index is -0.423. The van der Waals surface area contributed by atoms with Crippen LogP contribution in [0, 0.1) is 5.82 Å². The molecule has 8 heteroatoms. The summed E-state index contributed by atoms with van der Waals surface area (Å²) in [6.45, 7) is 2.42. The topological polar surface area (TPSA) is 84.7 Å². The summed E-state index contributed by atoms with van der Waals surface area (Å²) in [7, 11) is 1.67. The molecule has 0 bridgehead atoms. The van der Waals surface area contributed by atoms with Crippen LogP contribution in [0.3, 0.4) is 0 Å². The van der Waals surface area contributed by atoms with Crippen molar-refractivity contribution in [3.63, 3.8) is 0 Å². The Kier molecular flexibility index (Phi) is 4.20. The number of nitrogens with one attached hydrogen (secondary N) is 2. The summed E-state index contributed by atoms with van der Waals surface area (Å²) >= 11 is 0. The van der Waals surface area contributed by atoms with Gasteiger partial charge in [-0.1, -0.05) is 19.1 Å². The lowest BCUT2D eigenvalue weighted by atomic mass is 10.2. The number of hydrogen-bond donors (Lipinski definition) is 2. The summed E-state index contributed by atoms with van der Waals surface area (Å²) in [5.74, 6) is 0.122. The molecule has 0 fully saturated rings. The highest BCUT2D eigenvalue weighted by Gasteiger charge is 2.18. The first-order valence-electron chi connectivity index (χ1n) is 7.70. The average Bonchev–Trinajstić information content (AvgIpc) is 3.01. The van der Waals surface area contributed by atoms with Gasteiger partial charge < -0.3 is 5.32 Å². The standard InChI is InChI=1S/C16H18FN5O2/c1-3-8-21-15(23)12-13(18-2)19-20-14(12)22(16(21)24)9-10-4-6-11(17)7-5-10/h4-7H,3,8-9H2,1-2H3,(H2,18,19,20). The minimum Gasteiger partial charge on any atom is -0.373 e. The normalized spacial score (nSPS) is 11.1. The van der Waals surface area contributed by atoms with Crippen molar-refractivity contribution in [2.45, 2.75) is 26.4 Å². The molecule has 0 unspecified atom stereocenters. The second-order valence-corrected chi connectivity index (χ2v) is 5.50. The maximum absolute atomic E-state index is 13.1. The van der Waals surface area contributed by atoms with Gasteiger partial charge in [0.2, 0.25) is 0 Å². The molecule has 0 amide bonds. The number of rotatable bonds is 5. The van der Waals surface area contributed by atoms with Crippen LogP contribution in [0.5, 0.6) is 0 Å². The van der Waals surface area contributed by atoms with Crippen molar-refractivity contribution >= 4 is 16.9 Å². The largest absolute Gasteiger partial charge is 0.373 e. The van der Waals surface area contributed by atoms with Crippen LogP contribution in [0.2, 0.25) is 0 Å². The zero-order valence-corrected chi connectivity index (χ0v) is 13.5. The van der Waals surface area contributed by atoms with Crippen LogP contribution >= 0.6 is 0 Å². The van der Waals surface area contributed by atoms with Crippen LogP contribution in [0.1, 0.15) is 18.9 Å². The highest BCUT2D eigenvalue weighted by atomic mass is 19.1. The quantitative estimate of drug-likeness (QED) is 0.742. The predicted octanol–water partition coefficient (Wildman–Crippen LogP) is 1.53. The zero-order valence-electron chi connectivity index (χ0n) is 13.5. The Labute approximate surface area is 136 Å². The van der Waals surface area contributed by atoms with E-state index in [0.717, 1.165) is 5.56 Å². The number of halogens is 1. The number of hydrogen-bond acceptors (Lipinski definition) is 4. The average molecular weight is 331 g/mol. The van der Waals surface area contributed by atoms with Crippen molar-refractivity contribution in [3.05, 3.63) is 56.5 Å². The molecule has 0 atom stereocenters. The molecule has 0 saturated carbocycles. The number of anilines is 1. The maximum Gasteiger partial charge on any atom is 0.333 e. The molecule has 0 aliphatic carbocycles. The van der Waals surface area contributed by atoms with Crippen LogP contribution in [-0.4, -0.2) is 26.4 Å². The molecule has 2 N–H and O–H groups in total. The summed E-state index contributed by atoms with van der Waals surface area (Å²) in [4.78, 5) is 25.4. The Morgan fingerprint density at radius 2 is 1.92 bits per heavy atom. The number of nitrogens with zero attached hydrogens (tertiary/aromatic N) is 3. The molecule has 3 aromatic rings. The maximum atomic E-state index is 13.1. The number of fused-ring (bicyclic) bond motifs is 1. The first-order valence-corrected chi connectivity index (χ1v) is 7.70. The van der Waals surface area contributed by atoms with E-state index < -0.39 is 5.69 Å². The number of aromatic nitrogens is 4. The number of H-pyrrole nitrogens is 1. The highest BCUT2D eigenvalue weighted by molar-refractivity contribution is 5.86. The van der Waals surface area contributed by atoms with E-state index in [2.05, 4.69) is 15.5 Å². The Bertz CT molecular complexity index is 985. The smallest absolute Gasteiger partial charge is 0.333 e. The molecule has 0 radical (unpaired) electrons. The molecule has 126 valence electrons. The SMILES string of the molecule is CCCn1c(=O)c2c(NC)[nH]nc2n(Cc2ccc(F)cc2)c1=O. The molecule has 0 aliphatic heterocycles. The van der Waals surface area contributed by atoms with Crippen LogP contribution in [-0.2, 0) is 13.1 Å².